The SMILES string of the molecule is [Ir].[c-]1cccc2c1N1[CH-]ON=C1c1cc(-c3ccccc3)ccc1-2. The maximum atomic E-state index is 5.22. The van der Waals surface area contributed by atoms with Crippen LogP contribution in [0.15, 0.2) is 71.9 Å². The predicted octanol–water partition coefficient (Wildman–Crippen LogP) is 4.45. The monoisotopic (exact) mass is 489 g/mol. The molecule has 0 atom stereocenters. The summed E-state index contributed by atoms with van der Waals surface area (Å²) in [4.78, 5) is 7.17. The maximum absolute atomic E-state index is 5.22. The van der Waals surface area contributed by atoms with Gasteiger partial charge in [0.15, 0.2) is 0 Å². The van der Waals surface area contributed by atoms with Crippen LogP contribution in [0.2, 0.25) is 0 Å². The van der Waals surface area contributed by atoms with Crippen LogP contribution in [0.3, 0.4) is 0 Å². The Morgan fingerprint density at radius 2 is 1.75 bits per heavy atom. The van der Waals surface area contributed by atoms with Crippen LogP contribution in [-0.4, -0.2) is 5.84 Å². The van der Waals surface area contributed by atoms with E-state index in [9.17, 15) is 0 Å². The average Bonchev–Trinajstić information content (AvgIpc) is 3.12. The van der Waals surface area contributed by atoms with Gasteiger partial charge in [-0.3, -0.25) is 0 Å². The molecule has 2 aliphatic rings. The van der Waals surface area contributed by atoms with Gasteiger partial charge < -0.3 is 9.74 Å². The second-order valence-corrected chi connectivity index (χ2v) is 5.55. The van der Waals surface area contributed by atoms with Crippen LogP contribution in [0.25, 0.3) is 22.3 Å². The Bertz CT molecular complexity index is 937. The fourth-order valence-electron chi connectivity index (χ4n) is 3.17. The summed E-state index contributed by atoms with van der Waals surface area (Å²) < 4.78 is 0. The Morgan fingerprint density at radius 3 is 2.62 bits per heavy atom. The first kappa shape index (κ1) is 15.1. The first-order valence-corrected chi connectivity index (χ1v) is 7.49. The van der Waals surface area contributed by atoms with E-state index in [1.165, 1.54) is 11.1 Å². The molecule has 3 aromatic rings. The minimum Gasteiger partial charge on any atom is -0.544 e. The molecular weight excluding hydrogens is 476 g/mol. The second kappa shape index (κ2) is 5.90. The molecule has 0 saturated heterocycles. The molecule has 2 aliphatic heterocycles. The van der Waals surface area contributed by atoms with Gasteiger partial charge in [-0.25, -0.2) is 0 Å². The number of fused-ring (bicyclic) bond motifs is 6. The maximum Gasteiger partial charge on any atom is 0.148 e. The number of anilines is 1. The minimum absolute atomic E-state index is 0. The van der Waals surface area contributed by atoms with Crippen molar-refractivity contribution in [2.75, 3.05) is 4.90 Å². The van der Waals surface area contributed by atoms with Crippen molar-refractivity contribution >= 4 is 11.5 Å². The average molecular weight is 489 g/mol. The van der Waals surface area contributed by atoms with Crippen molar-refractivity contribution in [1.29, 1.82) is 0 Å². The third kappa shape index (κ3) is 2.19. The normalized spacial score (nSPS) is 13.8. The van der Waals surface area contributed by atoms with Crippen molar-refractivity contribution < 1.29 is 24.9 Å². The number of nitrogens with zero attached hydrogens (tertiary/aromatic N) is 2. The molecule has 0 fully saturated rings. The Balaban J connectivity index is 0.00000146. The fraction of sp³-hybridized carbons (Fsp3) is 0. The van der Waals surface area contributed by atoms with E-state index in [0.717, 1.165) is 28.2 Å². The van der Waals surface area contributed by atoms with E-state index >= 15 is 0 Å². The fourth-order valence-corrected chi connectivity index (χ4v) is 3.17. The van der Waals surface area contributed by atoms with E-state index in [1.807, 2.05) is 23.1 Å². The molecule has 4 heteroatoms. The number of benzene rings is 3. The van der Waals surface area contributed by atoms with Gasteiger partial charge in [-0.15, -0.1) is 10.7 Å². The van der Waals surface area contributed by atoms with Crippen molar-refractivity contribution in [2.24, 2.45) is 5.16 Å². The number of para-hydroxylation sites is 1. The third-order valence-corrected chi connectivity index (χ3v) is 4.25. The van der Waals surface area contributed by atoms with Gasteiger partial charge in [0.2, 0.25) is 0 Å². The molecule has 0 amide bonds. The van der Waals surface area contributed by atoms with Gasteiger partial charge in [0.05, 0.1) is 0 Å². The van der Waals surface area contributed by atoms with Gasteiger partial charge in [-0.2, -0.15) is 24.3 Å². The van der Waals surface area contributed by atoms with Crippen LogP contribution in [0, 0.1) is 12.8 Å². The summed E-state index contributed by atoms with van der Waals surface area (Å²) in [7, 11) is 0. The molecule has 2 heterocycles. The summed E-state index contributed by atoms with van der Waals surface area (Å²) in [5, 5.41) is 4.20. The van der Waals surface area contributed by atoms with E-state index in [2.05, 4.69) is 59.8 Å². The Labute approximate surface area is 153 Å². The zero-order valence-electron chi connectivity index (χ0n) is 12.6. The molecule has 119 valence electrons. The van der Waals surface area contributed by atoms with E-state index in [4.69, 9.17) is 4.84 Å². The van der Waals surface area contributed by atoms with Crippen LogP contribution < -0.4 is 4.90 Å². The van der Waals surface area contributed by atoms with E-state index in [0.29, 0.717) is 0 Å². The van der Waals surface area contributed by atoms with Crippen molar-refractivity contribution in [2.45, 2.75) is 0 Å². The van der Waals surface area contributed by atoms with E-state index in [-0.39, 0.29) is 20.1 Å². The topological polar surface area (TPSA) is 24.8 Å². The van der Waals surface area contributed by atoms with Gasteiger partial charge in [-0.1, -0.05) is 53.7 Å². The van der Waals surface area contributed by atoms with Crippen molar-refractivity contribution in [3.63, 3.8) is 0 Å². The molecule has 0 saturated carbocycles. The zero-order chi connectivity index (χ0) is 15.2. The smallest absolute Gasteiger partial charge is 0.148 e. The number of rotatable bonds is 1. The van der Waals surface area contributed by atoms with Crippen LogP contribution >= 0.6 is 0 Å². The first-order valence-electron chi connectivity index (χ1n) is 7.49. The molecule has 0 aliphatic carbocycles. The molecule has 24 heavy (non-hydrogen) atoms. The molecule has 0 unspecified atom stereocenters. The van der Waals surface area contributed by atoms with Crippen LogP contribution in [0.5, 0.6) is 0 Å². The van der Waals surface area contributed by atoms with Crippen molar-refractivity contribution in [3.05, 3.63) is 85.1 Å². The summed E-state index contributed by atoms with van der Waals surface area (Å²) in [6, 6.07) is 26.1. The molecule has 5 rings (SSSR count). The Kier molecular flexibility index (Phi) is 3.72. The largest absolute Gasteiger partial charge is 0.544 e. The molecular formula is C20H12IrN2O-2. The molecule has 0 spiro atoms. The number of oxime groups is 1. The quantitative estimate of drug-likeness (QED) is 0.473. The Morgan fingerprint density at radius 1 is 0.875 bits per heavy atom. The molecule has 3 nitrogen and oxygen atoms in total. The summed E-state index contributed by atoms with van der Waals surface area (Å²) in [6.07, 6.45) is 0. The second-order valence-electron chi connectivity index (χ2n) is 5.55. The van der Waals surface area contributed by atoms with Crippen molar-refractivity contribution in [1.82, 2.24) is 0 Å². The summed E-state index contributed by atoms with van der Waals surface area (Å²) in [6.45, 7) is 1.63. The summed E-state index contributed by atoms with van der Waals surface area (Å²) >= 11 is 0. The van der Waals surface area contributed by atoms with Gasteiger partial charge in [-0.05, 0) is 23.9 Å². The Hall–Kier alpha value is -2.42. The minimum atomic E-state index is 0. The van der Waals surface area contributed by atoms with Crippen LogP contribution in [0.4, 0.5) is 5.69 Å². The molecule has 0 aromatic heterocycles. The number of hydrogen-bond acceptors (Lipinski definition) is 3. The molecule has 3 aromatic carbocycles. The van der Waals surface area contributed by atoms with Crippen molar-refractivity contribution in [3.8, 4) is 22.3 Å². The summed E-state index contributed by atoms with van der Waals surface area (Å²) in [5.74, 6) is 0.813. The van der Waals surface area contributed by atoms with Gasteiger partial charge >= 0.3 is 0 Å². The number of amidine groups is 1. The van der Waals surface area contributed by atoms with Gasteiger partial charge in [0, 0.05) is 25.7 Å². The predicted molar refractivity (Wildman–Crippen MR) is 90.6 cm³/mol. The van der Waals surface area contributed by atoms with Gasteiger partial charge in [0.25, 0.3) is 0 Å². The van der Waals surface area contributed by atoms with Crippen LogP contribution in [-0.2, 0) is 24.9 Å². The third-order valence-electron chi connectivity index (χ3n) is 4.25. The number of hydrogen-bond donors (Lipinski definition) is 0. The molecule has 0 N–H and O–H groups in total. The van der Waals surface area contributed by atoms with Gasteiger partial charge in [0.1, 0.15) is 5.84 Å². The van der Waals surface area contributed by atoms with E-state index < -0.39 is 0 Å². The molecule has 1 radical (unpaired) electrons. The standard InChI is InChI=1S/C20H12N2O.Ir/c1-2-6-14(7-3-1)15-10-11-16-17-8-4-5-9-19(17)22-13-23-21-20(22)18(16)12-15;/h1-8,10-13H;/q-2;. The molecule has 0 bridgehead atoms. The van der Waals surface area contributed by atoms with Crippen LogP contribution in [0.1, 0.15) is 5.56 Å². The zero-order valence-corrected chi connectivity index (χ0v) is 15.0. The summed E-state index contributed by atoms with van der Waals surface area (Å²) in [5.41, 5.74) is 6.71. The first-order chi connectivity index (χ1) is 11.4. The van der Waals surface area contributed by atoms with E-state index in [1.54, 1.807) is 6.73 Å².